The molecule has 0 bridgehead atoms. The normalized spacial score (nSPS) is 18.3. The van der Waals surface area contributed by atoms with Crippen molar-refractivity contribution in [3.8, 4) is 0 Å². The van der Waals surface area contributed by atoms with Gasteiger partial charge in [-0.15, -0.1) is 0 Å². The molecule has 4 rings (SSSR count). The Bertz CT molecular complexity index is 1190. The fraction of sp³-hybridized carbons (Fsp3) is 0.357. The molecular formula is C28H33N3O3S. The molecule has 1 heterocycles. The molecule has 1 saturated carbocycles. The van der Waals surface area contributed by atoms with Crippen molar-refractivity contribution < 1.29 is 13.2 Å². The summed E-state index contributed by atoms with van der Waals surface area (Å²) in [5.41, 5.74) is 3.15. The number of carbonyl (C=O) groups is 1. The average Bonchev–Trinajstić information content (AvgIpc) is 2.89. The molecule has 1 N–H and O–H groups in total. The van der Waals surface area contributed by atoms with Gasteiger partial charge in [0, 0.05) is 37.9 Å². The second kappa shape index (κ2) is 11.6. The number of aromatic nitrogens is 1. The molecule has 35 heavy (non-hydrogen) atoms. The Morgan fingerprint density at radius 1 is 0.943 bits per heavy atom. The molecule has 1 fully saturated rings. The summed E-state index contributed by atoms with van der Waals surface area (Å²) >= 11 is 0. The van der Waals surface area contributed by atoms with Gasteiger partial charge in [-0.3, -0.25) is 9.78 Å². The van der Waals surface area contributed by atoms with Crippen molar-refractivity contribution in [2.75, 3.05) is 6.54 Å². The van der Waals surface area contributed by atoms with Gasteiger partial charge in [0.25, 0.3) is 0 Å². The predicted octanol–water partition coefficient (Wildman–Crippen LogP) is 4.70. The second-order valence-electron chi connectivity index (χ2n) is 9.39. The fourth-order valence-corrected chi connectivity index (χ4v) is 6.14. The molecule has 6 nitrogen and oxygen atoms in total. The highest BCUT2D eigenvalue weighted by molar-refractivity contribution is 7.89. The van der Waals surface area contributed by atoms with Crippen LogP contribution in [0.5, 0.6) is 0 Å². The lowest BCUT2D eigenvalue weighted by atomic mass is 9.81. The minimum absolute atomic E-state index is 0.0193. The Morgan fingerprint density at radius 2 is 1.66 bits per heavy atom. The molecule has 2 aromatic carbocycles. The minimum atomic E-state index is -3.64. The first kappa shape index (κ1) is 25.1. The van der Waals surface area contributed by atoms with Crippen molar-refractivity contribution in [3.63, 3.8) is 0 Å². The summed E-state index contributed by atoms with van der Waals surface area (Å²) in [7, 11) is -3.64. The van der Waals surface area contributed by atoms with E-state index in [0.717, 1.165) is 36.8 Å². The summed E-state index contributed by atoms with van der Waals surface area (Å²) in [6.07, 6.45) is 6.60. The van der Waals surface area contributed by atoms with E-state index in [2.05, 4.69) is 10.3 Å². The average molecular weight is 492 g/mol. The summed E-state index contributed by atoms with van der Waals surface area (Å²) in [6.45, 7) is 3.29. The Hall–Kier alpha value is -3.03. The summed E-state index contributed by atoms with van der Waals surface area (Å²) < 4.78 is 28.5. The van der Waals surface area contributed by atoms with Crippen LogP contribution in [-0.2, 0) is 27.9 Å². The van der Waals surface area contributed by atoms with Crippen molar-refractivity contribution in [2.45, 2.75) is 50.6 Å². The van der Waals surface area contributed by atoms with Crippen LogP contribution in [0.15, 0.2) is 84.0 Å². The number of aryl methyl sites for hydroxylation is 1. The Morgan fingerprint density at radius 3 is 2.31 bits per heavy atom. The van der Waals surface area contributed by atoms with E-state index < -0.39 is 10.0 Å². The summed E-state index contributed by atoms with van der Waals surface area (Å²) in [5, 5.41) is 3.07. The van der Waals surface area contributed by atoms with Crippen molar-refractivity contribution >= 4 is 15.9 Å². The Balaban J connectivity index is 1.37. The SMILES string of the molecule is Cc1ccc(CNC(=O)C2CCC(CN(Cc3cccnc3)S(=O)(=O)c3ccccc3)CC2)cc1. The highest BCUT2D eigenvalue weighted by Crippen LogP contribution is 2.31. The van der Waals surface area contributed by atoms with Gasteiger partial charge in [0.1, 0.15) is 0 Å². The molecule has 1 aliphatic carbocycles. The lowest BCUT2D eigenvalue weighted by Gasteiger charge is -2.32. The van der Waals surface area contributed by atoms with Crippen molar-refractivity contribution in [1.29, 1.82) is 0 Å². The number of nitrogens with zero attached hydrogens (tertiary/aromatic N) is 2. The van der Waals surface area contributed by atoms with Gasteiger partial charge in [0.15, 0.2) is 0 Å². The second-order valence-corrected chi connectivity index (χ2v) is 11.3. The maximum atomic E-state index is 13.5. The third kappa shape index (κ3) is 6.77. The molecular weight excluding hydrogens is 458 g/mol. The number of hydrogen-bond acceptors (Lipinski definition) is 4. The Kier molecular flexibility index (Phi) is 8.31. The lowest BCUT2D eigenvalue weighted by molar-refractivity contribution is -0.126. The van der Waals surface area contributed by atoms with Crippen molar-refractivity contribution in [3.05, 3.63) is 95.8 Å². The number of carbonyl (C=O) groups excluding carboxylic acids is 1. The molecule has 1 aromatic heterocycles. The predicted molar refractivity (Wildman–Crippen MR) is 137 cm³/mol. The van der Waals surface area contributed by atoms with Crippen LogP contribution in [0.1, 0.15) is 42.4 Å². The highest BCUT2D eigenvalue weighted by atomic mass is 32.2. The van der Waals surface area contributed by atoms with Gasteiger partial charge in [-0.25, -0.2) is 8.42 Å². The summed E-state index contributed by atoms with van der Waals surface area (Å²) in [6, 6.07) is 20.5. The zero-order valence-electron chi connectivity index (χ0n) is 20.1. The van der Waals surface area contributed by atoms with Crippen LogP contribution >= 0.6 is 0 Å². The number of benzene rings is 2. The topological polar surface area (TPSA) is 79.4 Å². The van der Waals surface area contributed by atoms with Gasteiger partial charge < -0.3 is 5.32 Å². The molecule has 0 unspecified atom stereocenters. The van der Waals surface area contributed by atoms with Crippen molar-refractivity contribution in [1.82, 2.24) is 14.6 Å². The molecule has 0 spiro atoms. The van der Waals surface area contributed by atoms with Gasteiger partial charge in [0.2, 0.25) is 15.9 Å². The zero-order valence-corrected chi connectivity index (χ0v) is 21.0. The largest absolute Gasteiger partial charge is 0.352 e. The van der Waals surface area contributed by atoms with E-state index in [1.54, 1.807) is 41.0 Å². The van der Waals surface area contributed by atoms with Gasteiger partial charge in [-0.05, 0) is 67.9 Å². The van der Waals surface area contributed by atoms with E-state index in [-0.39, 0.29) is 24.3 Å². The molecule has 7 heteroatoms. The standard InChI is InChI=1S/C28H33N3O3S/c1-22-9-11-23(12-10-22)19-30-28(32)26-15-13-24(14-16-26)20-31(21-25-6-5-17-29-18-25)35(33,34)27-7-3-2-4-8-27/h2-12,17-18,24,26H,13-16,19-21H2,1H3,(H,30,32). The van der Waals surface area contributed by atoms with E-state index >= 15 is 0 Å². The monoisotopic (exact) mass is 491 g/mol. The van der Waals surface area contributed by atoms with Crippen LogP contribution in [-0.4, -0.2) is 30.2 Å². The fourth-order valence-electron chi connectivity index (χ4n) is 4.62. The van der Waals surface area contributed by atoms with E-state index in [1.165, 1.54) is 5.56 Å². The van der Waals surface area contributed by atoms with Gasteiger partial charge in [0.05, 0.1) is 4.90 Å². The first-order valence-corrected chi connectivity index (χ1v) is 13.6. The number of hydrogen-bond donors (Lipinski definition) is 1. The molecule has 0 aliphatic heterocycles. The van der Waals surface area contributed by atoms with Crippen LogP contribution in [0, 0.1) is 18.8 Å². The van der Waals surface area contributed by atoms with Crippen LogP contribution < -0.4 is 5.32 Å². The summed E-state index contributed by atoms with van der Waals surface area (Å²) in [5.74, 6) is 0.286. The number of amides is 1. The molecule has 184 valence electrons. The molecule has 0 radical (unpaired) electrons. The van der Waals surface area contributed by atoms with E-state index in [9.17, 15) is 13.2 Å². The quantitative estimate of drug-likeness (QED) is 0.470. The maximum Gasteiger partial charge on any atom is 0.243 e. The lowest BCUT2D eigenvalue weighted by Crippen LogP contribution is -2.38. The van der Waals surface area contributed by atoms with E-state index in [0.29, 0.717) is 18.0 Å². The number of sulfonamides is 1. The first-order chi connectivity index (χ1) is 16.9. The molecule has 1 aliphatic rings. The third-order valence-electron chi connectivity index (χ3n) is 6.73. The molecule has 1 amide bonds. The van der Waals surface area contributed by atoms with E-state index in [1.807, 2.05) is 49.4 Å². The number of pyridine rings is 1. The van der Waals surface area contributed by atoms with Crippen LogP contribution in [0.2, 0.25) is 0 Å². The number of rotatable bonds is 9. The van der Waals surface area contributed by atoms with Gasteiger partial charge in [-0.1, -0.05) is 54.1 Å². The summed E-state index contributed by atoms with van der Waals surface area (Å²) in [4.78, 5) is 17.2. The first-order valence-electron chi connectivity index (χ1n) is 12.2. The smallest absolute Gasteiger partial charge is 0.243 e. The highest BCUT2D eigenvalue weighted by Gasteiger charge is 2.31. The van der Waals surface area contributed by atoms with Gasteiger partial charge >= 0.3 is 0 Å². The van der Waals surface area contributed by atoms with E-state index in [4.69, 9.17) is 0 Å². The zero-order chi connectivity index (χ0) is 24.7. The van der Waals surface area contributed by atoms with Gasteiger partial charge in [-0.2, -0.15) is 4.31 Å². The maximum absolute atomic E-state index is 13.5. The Labute approximate surface area is 208 Å². The number of nitrogens with one attached hydrogen (secondary N) is 1. The molecule has 3 aromatic rings. The molecule has 0 atom stereocenters. The van der Waals surface area contributed by atoms with Crippen molar-refractivity contribution in [2.24, 2.45) is 11.8 Å². The minimum Gasteiger partial charge on any atom is -0.352 e. The van der Waals surface area contributed by atoms with Crippen LogP contribution in [0.25, 0.3) is 0 Å². The van der Waals surface area contributed by atoms with Crippen LogP contribution in [0.3, 0.4) is 0 Å². The molecule has 0 saturated heterocycles. The van der Waals surface area contributed by atoms with Crippen LogP contribution in [0.4, 0.5) is 0 Å². The third-order valence-corrected chi connectivity index (χ3v) is 8.56.